The van der Waals surface area contributed by atoms with Gasteiger partial charge in [0.15, 0.2) is 0 Å². The highest BCUT2D eigenvalue weighted by atomic mass is 16.6. The SMILES string of the molecule is CC(C)(C)OC(=O)N[C@@H](CCC(=NO)c1ccccc1)C(=O)O. The zero-order valence-corrected chi connectivity index (χ0v) is 13.4. The summed E-state index contributed by atoms with van der Waals surface area (Å²) < 4.78 is 5.04. The van der Waals surface area contributed by atoms with Crippen LogP contribution in [0.1, 0.15) is 39.2 Å². The lowest BCUT2D eigenvalue weighted by Gasteiger charge is -2.22. The summed E-state index contributed by atoms with van der Waals surface area (Å²) in [7, 11) is 0. The van der Waals surface area contributed by atoms with E-state index in [9.17, 15) is 14.7 Å². The standard InChI is InChI=1S/C16H22N2O5/c1-16(2,3)23-15(21)17-13(14(19)20)10-9-12(18-22)11-7-5-4-6-8-11/h4-8,13,22H,9-10H2,1-3H3,(H,17,21)(H,19,20)/t13-/m0/s1. The first-order valence-electron chi connectivity index (χ1n) is 7.21. The van der Waals surface area contributed by atoms with Gasteiger partial charge < -0.3 is 20.4 Å². The predicted molar refractivity (Wildman–Crippen MR) is 84.8 cm³/mol. The molecule has 23 heavy (non-hydrogen) atoms. The second kappa shape index (κ2) is 8.17. The number of carboxylic acid groups (broad SMARTS) is 1. The highest BCUT2D eigenvalue weighted by molar-refractivity contribution is 6.00. The van der Waals surface area contributed by atoms with E-state index in [-0.39, 0.29) is 12.8 Å². The number of carbonyl (C=O) groups is 2. The fraction of sp³-hybridized carbons (Fsp3) is 0.438. The molecule has 1 atom stereocenters. The van der Waals surface area contributed by atoms with E-state index in [4.69, 9.17) is 9.94 Å². The molecule has 3 N–H and O–H groups in total. The van der Waals surface area contributed by atoms with Gasteiger partial charge in [-0.3, -0.25) is 0 Å². The minimum atomic E-state index is -1.18. The molecule has 0 aromatic heterocycles. The minimum Gasteiger partial charge on any atom is -0.480 e. The molecule has 0 aliphatic heterocycles. The van der Waals surface area contributed by atoms with E-state index in [2.05, 4.69) is 10.5 Å². The number of rotatable bonds is 6. The maximum absolute atomic E-state index is 11.7. The van der Waals surface area contributed by atoms with Crippen LogP contribution in [0.5, 0.6) is 0 Å². The summed E-state index contributed by atoms with van der Waals surface area (Å²) in [6.07, 6.45) is -0.539. The third-order valence-electron chi connectivity index (χ3n) is 2.89. The molecule has 7 nitrogen and oxygen atoms in total. The van der Waals surface area contributed by atoms with Crippen LogP contribution >= 0.6 is 0 Å². The Morgan fingerprint density at radius 1 is 1.26 bits per heavy atom. The van der Waals surface area contributed by atoms with Crippen LogP contribution in [-0.2, 0) is 9.53 Å². The summed E-state index contributed by atoms with van der Waals surface area (Å²) >= 11 is 0. The fourth-order valence-corrected chi connectivity index (χ4v) is 1.87. The first-order chi connectivity index (χ1) is 10.7. The molecule has 0 fully saturated rings. The minimum absolute atomic E-state index is 0.0723. The van der Waals surface area contributed by atoms with Crippen molar-refractivity contribution in [2.45, 2.75) is 45.3 Å². The number of amides is 1. The van der Waals surface area contributed by atoms with Crippen molar-refractivity contribution < 1.29 is 24.6 Å². The number of aliphatic carboxylic acids is 1. The van der Waals surface area contributed by atoms with E-state index in [0.29, 0.717) is 11.3 Å². The molecule has 0 heterocycles. The van der Waals surface area contributed by atoms with Gasteiger partial charge in [-0.25, -0.2) is 9.59 Å². The molecule has 1 rings (SSSR count). The Labute approximate surface area is 135 Å². The molecule has 0 radical (unpaired) electrons. The van der Waals surface area contributed by atoms with E-state index in [1.54, 1.807) is 45.0 Å². The second-order valence-corrected chi connectivity index (χ2v) is 5.99. The molecule has 0 bridgehead atoms. The maximum Gasteiger partial charge on any atom is 0.408 e. The van der Waals surface area contributed by atoms with Crippen molar-refractivity contribution in [1.29, 1.82) is 0 Å². The number of hydrogen-bond acceptors (Lipinski definition) is 5. The number of carbonyl (C=O) groups excluding carboxylic acids is 1. The maximum atomic E-state index is 11.7. The number of ether oxygens (including phenoxy) is 1. The molecule has 0 aliphatic carbocycles. The first-order valence-corrected chi connectivity index (χ1v) is 7.21. The van der Waals surface area contributed by atoms with Crippen molar-refractivity contribution in [3.8, 4) is 0 Å². The van der Waals surface area contributed by atoms with Crippen LogP contribution in [0.4, 0.5) is 4.79 Å². The number of carboxylic acids is 1. The average molecular weight is 322 g/mol. The molecule has 126 valence electrons. The van der Waals surface area contributed by atoms with Crippen LogP contribution in [0.3, 0.4) is 0 Å². The molecule has 0 spiro atoms. The van der Waals surface area contributed by atoms with Gasteiger partial charge in [-0.05, 0) is 39.2 Å². The Bertz CT molecular complexity index is 564. The zero-order valence-electron chi connectivity index (χ0n) is 13.4. The van der Waals surface area contributed by atoms with E-state index < -0.39 is 23.7 Å². The number of alkyl carbamates (subject to hydrolysis) is 1. The Kier molecular flexibility index (Phi) is 6.56. The van der Waals surface area contributed by atoms with Gasteiger partial charge in [0.05, 0.1) is 5.71 Å². The van der Waals surface area contributed by atoms with E-state index in [1.807, 2.05) is 6.07 Å². The van der Waals surface area contributed by atoms with Crippen LogP contribution in [-0.4, -0.2) is 39.7 Å². The molecule has 1 aromatic carbocycles. The van der Waals surface area contributed by atoms with Gasteiger partial charge in [-0.2, -0.15) is 0 Å². The van der Waals surface area contributed by atoms with E-state index in [1.165, 1.54) is 0 Å². The summed E-state index contributed by atoms with van der Waals surface area (Å²) in [5.74, 6) is -1.18. The Balaban J connectivity index is 2.66. The van der Waals surface area contributed by atoms with Gasteiger partial charge in [0, 0.05) is 0 Å². The second-order valence-electron chi connectivity index (χ2n) is 5.99. The van der Waals surface area contributed by atoms with Gasteiger partial charge in [-0.1, -0.05) is 35.5 Å². The third kappa shape index (κ3) is 6.82. The van der Waals surface area contributed by atoms with Gasteiger partial charge in [0.2, 0.25) is 0 Å². The van der Waals surface area contributed by atoms with Gasteiger partial charge in [0.25, 0.3) is 0 Å². The van der Waals surface area contributed by atoms with Crippen LogP contribution in [0.15, 0.2) is 35.5 Å². The topological polar surface area (TPSA) is 108 Å². The summed E-state index contributed by atoms with van der Waals surface area (Å²) in [5.41, 5.74) is 0.328. The molecule has 1 aromatic rings. The highest BCUT2D eigenvalue weighted by Gasteiger charge is 2.24. The monoisotopic (exact) mass is 322 g/mol. The predicted octanol–water partition coefficient (Wildman–Crippen LogP) is 2.62. The molecule has 1 amide bonds. The Morgan fingerprint density at radius 2 is 1.87 bits per heavy atom. The lowest BCUT2D eigenvalue weighted by Crippen LogP contribution is -2.43. The molecule has 0 aliphatic rings. The molecule has 0 saturated carbocycles. The number of hydrogen-bond donors (Lipinski definition) is 3. The molecule has 7 heteroatoms. The van der Waals surface area contributed by atoms with Crippen molar-refractivity contribution >= 4 is 17.8 Å². The van der Waals surface area contributed by atoms with Crippen molar-refractivity contribution in [3.63, 3.8) is 0 Å². The summed E-state index contributed by atoms with van der Waals surface area (Å²) in [4.78, 5) is 22.9. The largest absolute Gasteiger partial charge is 0.480 e. The average Bonchev–Trinajstić information content (AvgIpc) is 2.45. The number of oxime groups is 1. The van der Waals surface area contributed by atoms with Crippen LogP contribution < -0.4 is 5.32 Å². The summed E-state index contributed by atoms with van der Waals surface area (Å²) in [5, 5.41) is 23.8. The summed E-state index contributed by atoms with van der Waals surface area (Å²) in [6.45, 7) is 5.07. The lowest BCUT2D eigenvalue weighted by atomic mass is 10.0. The van der Waals surface area contributed by atoms with Gasteiger partial charge in [-0.15, -0.1) is 0 Å². The molecule has 0 unspecified atom stereocenters. The number of nitrogens with zero attached hydrogens (tertiary/aromatic N) is 1. The lowest BCUT2D eigenvalue weighted by molar-refractivity contribution is -0.139. The third-order valence-corrected chi connectivity index (χ3v) is 2.89. The highest BCUT2D eigenvalue weighted by Crippen LogP contribution is 2.10. The van der Waals surface area contributed by atoms with Crippen LogP contribution in [0.25, 0.3) is 0 Å². The van der Waals surface area contributed by atoms with E-state index in [0.717, 1.165) is 0 Å². The first kappa shape index (κ1) is 18.5. The number of benzene rings is 1. The fourth-order valence-electron chi connectivity index (χ4n) is 1.87. The molecular weight excluding hydrogens is 300 g/mol. The van der Waals surface area contributed by atoms with Gasteiger partial charge >= 0.3 is 12.1 Å². The van der Waals surface area contributed by atoms with Crippen molar-refractivity contribution in [3.05, 3.63) is 35.9 Å². The molecule has 0 saturated heterocycles. The van der Waals surface area contributed by atoms with Crippen LogP contribution in [0.2, 0.25) is 0 Å². The van der Waals surface area contributed by atoms with E-state index >= 15 is 0 Å². The van der Waals surface area contributed by atoms with Crippen molar-refractivity contribution in [2.75, 3.05) is 0 Å². The Hall–Kier alpha value is -2.57. The Morgan fingerprint density at radius 3 is 2.35 bits per heavy atom. The van der Waals surface area contributed by atoms with Crippen molar-refractivity contribution in [2.24, 2.45) is 5.16 Å². The summed E-state index contributed by atoms with van der Waals surface area (Å²) in [6, 6.07) is 7.77. The normalized spacial score (nSPS) is 13.3. The van der Waals surface area contributed by atoms with Crippen LogP contribution in [0, 0.1) is 0 Å². The number of nitrogens with one attached hydrogen (secondary N) is 1. The molecular formula is C16H22N2O5. The smallest absolute Gasteiger partial charge is 0.408 e. The van der Waals surface area contributed by atoms with Crippen molar-refractivity contribution in [1.82, 2.24) is 5.32 Å². The zero-order chi connectivity index (χ0) is 17.5. The van der Waals surface area contributed by atoms with Gasteiger partial charge in [0.1, 0.15) is 11.6 Å². The quantitative estimate of drug-likeness (QED) is 0.424.